The Morgan fingerprint density at radius 3 is 2.64 bits per heavy atom. The zero-order valence-electron chi connectivity index (χ0n) is 22.8. The molecule has 1 saturated heterocycles. The van der Waals surface area contributed by atoms with Crippen LogP contribution in [-0.4, -0.2) is 51.9 Å². The minimum absolute atomic E-state index is 0.195. The molecule has 9 heteroatoms. The number of nitrogens with two attached hydrogens (primary N) is 1. The number of nitrogens with one attached hydrogen (secondary N) is 2. The quantitative estimate of drug-likeness (QED) is 0.179. The maximum absolute atomic E-state index is 13.8. The van der Waals surface area contributed by atoms with Gasteiger partial charge in [-0.2, -0.15) is 11.8 Å². The summed E-state index contributed by atoms with van der Waals surface area (Å²) in [6.07, 6.45) is 1.92. The lowest BCUT2D eigenvalue weighted by molar-refractivity contribution is 0.0952. The van der Waals surface area contributed by atoms with Crippen LogP contribution >= 0.6 is 39.3 Å². The molecule has 3 aromatic carbocycles. The van der Waals surface area contributed by atoms with Crippen molar-refractivity contribution in [2.24, 2.45) is 5.73 Å². The number of nitrogens with zero attached hydrogens (tertiary/aromatic N) is 2. The molecule has 42 heavy (non-hydrogen) atoms. The number of carbonyl (C=O) groups excluding carboxylic acids is 1. The maximum Gasteiger partial charge on any atom is 0.252 e. The number of H-pyrrole nitrogens is 1. The van der Waals surface area contributed by atoms with Gasteiger partial charge in [-0.3, -0.25) is 9.69 Å². The average molecular weight is 659 g/mol. The summed E-state index contributed by atoms with van der Waals surface area (Å²) < 4.78 is 0.963. The Balaban J connectivity index is 1.39. The molecule has 0 radical (unpaired) electrons. The minimum Gasteiger partial charge on any atom is -0.360 e. The van der Waals surface area contributed by atoms with E-state index in [2.05, 4.69) is 43.0 Å². The Bertz CT molecular complexity index is 1840. The van der Waals surface area contributed by atoms with E-state index in [4.69, 9.17) is 22.3 Å². The van der Waals surface area contributed by atoms with Crippen LogP contribution in [0.2, 0.25) is 5.02 Å². The predicted molar refractivity (Wildman–Crippen MR) is 178 cm³/mol. The first-order valence-electron chi connectivity index (χ1n) is 13.7. The van der Waals surface area contributed by atoms with Crippen LogP contribution in [0.25, 0.3) is 33.1 Å². The first kappa shape index (κ1) is 28.8. The highest BCUT2D eigenvalue weighted by atomic mass is 79.9. The van der Waals surface area contributed by atoms with E-state index in [9.17, 15) is 4.79 Å². The Labute approximate surface area is 262 Å². The monoisotopic (exact) mass is 657 g/mol. The molecule has 4 N–H and O–H groups in total. The Morgan fingerprint density at radius 2 is 1.86 bits per heavy atom. The van der Waals surface area contributed by atoms with E-state index in [1.54, 1.807) is 0 Å². The zero-order valence-corrected chi connectivity index (χ0v) is 26.0. The van der Waals surface area contributed by atoms with Crippen molar-refractivity contribution in [1.29, 1.82) is 0 Å². The van der Waals surface area contributed by atoms with Crippen LogP contribution in [0.4, 0.5) is 0 Å². The second kappa shape index (κ2) is 12.9. The lowest BCUT2D eigenvalue weighted by Crippen LogP contribution is -2.32. The second-order valence-electron chi connectivity index (χ2n) is 10.2. The molecular weight excluding hydrogens is 630 g/mol. The lowest BCUT2D eigenvalue weighted by Gasteiger charge is -2.23. The number of aromatic amines is 1. The smallest absolute Gasteiger partial charge is 0.252 e. The van der Waals surface area contributed by atoms with E-state index >= 15 is 0 Å². The fourth-order valence-corrected chi connectivity index (χ4v) is 6.60. The number of aromatic nitrogens is 2. The third-order valence-corrected chi connectivity index (χ3v) is 9.15. The van der Waals surface area contributed by atoms with Gasteiger partial charge < -0.3 is 16.0 Å². The number of benzene rings is 3. The number of carbonyl (C=O) groups is 1. The predicted octanol–water partition coefficient (Wildman–Crippen LogP) is 6.59. The summed E-state index contributed by atoms with van der Waals surface area (Å²) in [5.41, 5.74) is 12.2. The molecule has 1 fully saturated rings. The standard InChI is InChI=1S/C33H29BrClN5OS/c34-24-7-8-30-26(15-24)28(20-37-30)31-16-27(33(41)38-19-22-5-3-21(18-36)4-6-22)25-14-23(29(35)17-32(25)39-31)2-1-9-40-10-12-42-13-11-40/h3-8,14-17,20,37H,9-13,18-19,36H2,(H,38,41). The van der Waals surface area contributed by atoms with Crippen molar-refractivity contribution in [2.75, 3.05) is 31.1 Å². The Kier molecular flexibility index (Phi) is 8.84. The van der Waals surface area contributed by atoms with E-state index in [0.717, 1.165) is 56.7 Å². The summed E-state index contributed by atoms with van der Waals surface area (Å²) in [6, 6.07) is 19.5. The van der Waals surface area contributed by atoms with Crippen molar-refractivity contribution < 1.29 is 4.79 Å². The molecule has 0 aliphatic carbocycles. The highest BCUT2D eigenvalue weighted by molar-refractivity contribution is 9.10. The van der Waals surface area contributed by atoms with Gasteiger partial charge in [-0.25, -0.2) is 4.98 Å². The largest absolute Gasteiger partial charge is 0.360 e. The molecular formula is C33H29BrClN5OS. The number of amides is 1. The van der Waals surface area contributed by atoms with Crippen molar-refractivity contribution in [3.05, 3.63) is 98.6 Å². The SMILES string of the molecule is NCc1ccc(CNC(=O)c2cc(-c3c[nH]c4ccc(Br)cc34)nc3cc(Cl)c(C#CCN4CCSCC4)cc23)cc1. The number of pyridine rings is 1. The molecule has 6 nitrogen and oxygen atoms in total. The van der Waals surface area contributed by atoms with Gasteiger partial charge in [0.05, 0.1) is 28.3 Å². The fraction of sp³-hybridized carbons (Fsp3) is 0.212. The van der Waals surface area contributed by atoms with Crippen LogP contribution in [-0.2, 0) is 13.1 Å². The molecule has 1 aliphatic heterocycles. The van der Waals surface area contributed by atoms with Gasteiger partial charge in [0.15, 0.2) is 0 Å². The van der Waals surface area contributed by atoms with Crippen molar-refractivity contribution in [1.82, 2.24) is 20.2 Å². The first-order chi connectivity index (χ1) is 20.5. The number of rotatable bonds is 6. The molecule has 0 spiro atoms. The minimum atomic E-state index is -0.195. The summed E-state index contributed by atoms with van der Waals surface area (Å²) in [5, 5.41) is 5.32. The van der Waals surface area contributed by atoms with Crippen LogP contribution in [0.5, 0.6) is 0 Å². The summed E-state index contributed by atoms with van der Waals surface area (Å²) in [5.74, 6) is 8.61. The molecule has 1 amide bonds. The fourth-order valence-electron chi connectivity index (χ4n) is 5.05. The van der Waals surface area contributed by atoms with E-state index in [0.29, 0.717) is 52.4 Å². The Hall–Kier alpha value is -3.32. The summed E-state index contributed by atoms with van der Waals surface area (Å²) in [4.78, 5) is 24.4. The first-order valence-corrected chi connectivity index (χ1v) is 16.1. The molecule has 0 saturated carbocycles. The normalized spacial score (nSPS) is 13.7. The van der Waals surface area contributed by atoms with Crippen LogP contribution in [0.3, 0.4) is 0 Å². The number of halogens is 2. The van der Waals surface area contributed by atoms with Crippen LogP contribution in [0, 0.1) is 11.8 Å². The van der Waals surface area contributed by atoms with Crippen LogP contribution in [0.15, 0.2) is 71.3 Å². The van der Waals surface area contributed by atoms with Gasteiger partial charge >= 0.3 is 0 Å². The molecule has 3 heterocycles. The van der Waals surface area contributed by atoms with Crippen LogP contribution < -0.4 is 11.1 Å². The number of hydrogen-bond donors (Lipinski definition) is 3. The molecule has 6 rings (SSSR count). The summed E-state index contributed by atoms with van der Waals surface area (Å²) in [7, 11) is 0. The molecule has 5 aromatic rings. The number of hydrogen-bond acceptors (Lipinski definition) is 5. The molecule has 0 unspecified atom stereocenters. The average Bonchev–Trinajstić information content (AvgIpc) is 3.43. The van der Waals surface area contributed by atoms with Crippen molar-refractivity contribution >= 4 is 67.0 Å². The van der Waals surface area contributed by atoms with Gasteiger partial charge in [-0.1, -0.05) is 63.6 Å². The lowest BCUT2D eigenvalue weighted by atomic mass is 10.0. The Morgan fingerprint density at radius 1 is 1.07 bits per heavy atom. The van der Waals surface area contributed by atoms with E-state index < -0.39 is 0 Å². The van der Waals surface area contributed by atoms with Crippen molar-refractivity contribution in [3.63, 3.8) is 0 Å². The number of fused-ring (bicyclic) bond motifs is 2. The second-order valence-corrected chi connectivity index (χ2v) is 12.7. The van der Waals surface area contributed by atoms with Gasteiger partial charge in [-0.15, -0.1) is 0 Å². The van der Waals surface area contributed by atoms with E-state index in [1.807, 2.05) is 78.6 Å². The molecule has 2 aromatic heterocycles. The van der Waals surface area contributed by atoms with Crippen LogP contribution in [0.1, 0.15) is 27.0 Å². The third-order valence-electron chi connectivity index (χ3n) is 7.40. The van der Waals surface area contributed by atoms with Crippen molar-refractivity contribution in [3.8, 4) is 23.1 Å². The molecule has 0 bridgehead atoms. The van der Waals surface area contributed by atoms with Crippen molar-refractivity contribution in [2.45, 2.75) is 13.1 Å². The van der Waals surface area contributed by atoms with Gasteiger partial charge in [0.2, 0.25) is 0 Å². The summed E-state index contributed by atoms with van der Waals surface area (Å²) in [6.45, 7) is 3.64. The van der Waals surface area contributed by atoms with Gasteiger partial charge in [-0.05, 0) is 47.5 Å². The van der Waals surface area contributed by atoms with Gasteiger partial charge in [0, 0.05) is 75.8 Å². The molecule has 0 atom stereocenters. The third kappa shape index (κ3) is 6.36. The molecule has 1 aliphatic rings. The molecule has 212 valence electrons. The van der Waals surface area contributed by atoms with E-state index in [-0.39, 0.29) is 5.91 Å². The zero-order chi connectivity index (χ0) is 29.1. The van der Waals surface area contributed by atoms with Gasteiger partial charge in [0.25, 0.3) is 5.91 Å². The maximum atomic E-state index is 13.8. The summed E-state index contributed by atoms with van der Waals surface area (Å²) >= 11 is 12.3. The highest BCUT2D eigenvalue weighted by Gasteiger charge is 2.18. The van der Waals surface area contributed by atoms with E-state index in [1.165, 1.54) is 0 Å². The topological polar surface area (TPSA) is 87.0 Å². The highest BCUT2D eigenvalue weighted by Crippen LogP contribution is 2.33. The number of thioether (sulfide) groups is 1. The van der Waals surface area contributed by atoms with Gasteiger partial charge in [0.1, 0.15) is 0 Å².